The zero-order chi connectivity index (χ0) is 22.0. The van der Waals surface area contributed by atoms with Crippen LogP contribution in [0, 0.1) is 0 Å². The third kappa shape index (κ3) is 3.84. The number of aromatic nitrogens is 3. The van der Waals surface area contributed by atoms with Crippen molar-refractivity contribution in [3.63, 3.8) is 0 Å². The van der Waals surface area contributed by atoms with Crippen LogP contribution < -0.4 is 10.5 Å². The topological polar surface area (TPSA) is 81.2 Å². The van der Waals surface area contributed by atoms with Crippen LogP contribution in [-0.2, 0) is 4.79 Å². The normalized spacial score (nSPS) is 12.1. The Morgan fingerprint density at radius 2 is 1.84 bits per heavy atom. The predicted molar refractivity (Wildman–Crippen MR) is 120 cm³/mol. The van der Waals surface area contributed by atoms with Crippen molar-refractivity contribution in [3.05, 3.63) is 76.3 Å². The highest BCUT2D eigenvalue weighted by Gasteiger charge is 2.27. The molecule has 0 spiro atoms. The van der Waals surface area contributed by atoms with Crippen LogP contribution in [-0.4, -0.2) is 27.2 Å². The molecule has 0 saturated heterocycles. The molecule has 158 valence electrons. The number of hydrogen-bond donors (Lipinski definition) is 0. The van der Waals surface area contributed by atoms with Gasteiger partial charge in [-0.1, -0.05) is 54.0 Å². The van der Waals surface area contributed by atoms with E-state index in [4.69, 9.17) is 16.1 Å². The highest BCUT2D eigenvalue weighted by Crippen LogP contribution is 2.27. The zero-order valence-electron chi connectivity index (χ0n) is 17.2. The van der Waals surface area contributed by atoms with Crippen LogP contribution >= 0.6 is 11.6 Å². The van der Waals surface area contributed by atoms with Gasteiger partial charge in [-0.2, -0.15) is 0 Å². The summed E-state index contributed by atoms with van der Waals surface area (Å²) in [6.07, 6.45) is 1.78. The summed E-state index contributed by atoms with van der Waals surface area (Å²) in [5.41, 5.74) is 1.58. The van der Waals surface area contributed by atoms with Crippen molar-refractivity contribution in [1.29, 1.82) is 0 Å². The molecule has 8 heteroatoms. The number of benzene rings is 2. The Kier molecular flexibility index (Phi) is 5.86. The summed E-state index contributed by atoms with van der Waals surface area (Å²) in [5, 5.41) is 4.85. The van der Waals surface area contributed by atoms with Crippen LogP contribution in [0.3, 0.4) is 0 Å². The fraction of sp³-hybridized carbons (Fsp3) is 0.217. The van der Waals surface area contributed by atoms with Crippen LogP contribution in [0.1, 0.15) is 26.3 Å². The Morgan fingerprint density at radius 1 is 1.13 bits per heavy atom. The van der Waals surface area contributed by atoms with E-state index in [1.54, 1.807) is 29.2 Å². The van der Waals surface area contributed by atoms with Crippen LogP contribution in [0.2, 0.25) is 5.02 Å². The lowest BCUT2D eigenvalue weighted by Crippen LogP contribution is -2.40. The van der Waals surface area contributed by atoms with Gasteiger partial charge in [0.2, 0.25) is 5.91 Å². The number of hydrogen-bond acceptors (Lipinski definition) is 5. The molecule has 1 unspecified atom stereocenters. The second kappa shape index (κ2) is 8.73. The van der Waals surface area contributed by atoms with Crippen molar-refractivity contribution in [2.45, 2.75) is 26.3 Å². The Labute approximate surface area is 183 Å². The first-order chi connectivity index (χ1) is 15.0. The maximum absolute atomic E-state index is 13.4. The Balaban J connectivity index is 1.80. The van der Waals surface area contributed by atoms with Crippen molar-refractivity contribution < 1.29 is 9.32 Å². The minimum absolute atomic E-state index is 0.129. The van der Waals surface area contributed by atoms with Gasteiger partial charge in [-0.05, 0) is 37.6 Å². The average Bonchev–Trinajstić information content (AvgIpc) is 3.22. The largest absolute Gasteiger partial charge is 0.335 e. The average molecular weight is 437 g/mol. The summed E-state index contributed by atoms with van der Waals surface area (Å²) in [6, 6.07) is 15.6. The van der Waals surface area contributed by atoms with Crippen LogP contribution in [0.15, 0.2) is 70.2 Å². The summed E-state index contributed by atoms with van der Waals surface area (Å²) < 4.78 is 6.65. The molecule has 0 N–H and O–H groups in total. The van der Waals surface area contributed by atoms with E-state index in [-0.39, 0.29) is 22.6 Å². The van der Waals surface area contributed by atoms with E-state index < -0.39 is 6.04 Å². The first-order valence-corrected chi connectivity index (χ1v) is 10.4. The van der Waals surface area contributed by atoms with Crippen molar-refractivity contribution in [2.24, 2.45) is 0 Å². The molecular formula is C23H21ClN4O3. The minimum Gasteiger partial charge on any atom is -0.335 e. The highest BCUT2D eigenvalue weighted by molar-refractivity contribution is 6.30. The molecule has 1 amide bonds. The maximum atomic E-state index is 13.4. The fourth-order valence-electron chi connectivity index (χ4n) is 3.63. The summed E-state index contributed by atoms with van der Waals surface area (Å²) in [7, 11) is 0. The number of halogens is 1. The number of amides is 1. The standard InChI is InChI=1S/C23H21ClN4O3/c1-3-18(22(29)27(4-2)17-8-6-5-7-9-17)28-14-25-21-19(23(28)30)20(26-31-21)15-10-12-16(24)13-11-15/h5-14,18H,3-4H2,1-2H3. The Bertz CT molecular complexity index is 1270. The summed E-state index contributed by atoms with van der Waals surface area (Å²) in [4.78, 5) is 32.8. The van der Waals surface area contributed by atoms with Gasteiger partial charge >= 0.3 is 0 Å². The molecule has 31 heavy (non-hydrogen) atoms. The van der Waals surface area contributed by atoms with E-state index in [1.165, 1.54) is 10.9 Å². The van der Waals surface area contributed by atoms with Crippen molar-refractivity contribution in [2.75, 3.05) is 11.4 Å². The van der Waals surface area contributed by atoms with E-state index in [2.05, 4.69) is 10.1 Å². The first-order valence-electron chi connectivity index (χ1n) is 10.0. The number of rotatable bonds is 6. The Hall–Kier alpha value is -3.45. The highest BCUT2D eigenvalue weighted by atomic mass is 35.5. The predicted octanol–water partition coefficient (Wildman–Crippen LogP) is 4.71. The summed E-state index contributed by atoms with van der Waals surface area (Å²) in [5.74, 6) is -0.177. The number of likely N-dealkylation sites (N-methyl/N-ethyl adjacent to an activating group) is 1. The van der Waals surface area contributed by atoms with Crippen LogP contribution in [0.4, 0.5) is 5.69 Å². The molecule has 0 bridgehead atoms. The fourth-order valence-corrected chi connectivity index (χ4v) is 3.76. The van der Waals surface area contributed by atoms with E-state index in [0.29, 0.717) is 29.2 Å². The number of carbonyl (C=O) groups excluding carboxylic acids is 1. The molecule has 2 heterocycles. The van der Waals surface area contributed by atoms with Crippen molar-refractivity contribution >= 4 is 34.3 Å². The molecule has 7 nitrogen and oxygen atoms in total. The Morgan fingerprint density at radius 3 is 2.48 bits per heavy atom. The van der Waals surface area contributed by atoms with Crippen LogP contribution in [0.25, 0.3) is 22.4 Å². The lowest BCUT2D eigenvalue weighted by atomic mass is 10.1. The van der Waals surface area contributed by atoms with Crippen molar-refractivity contribution in [1.82, 2.24) is 14.7 Å². The SMILES string of the molecule is CCC(C(=O)N(CC)c1ccccc1)n1cnc2onc(-c3ccc(Cl)cc3)c2c1=O. The smallest absolute Gasteiger partial charge is 0.267 e. The quantitative estimate of drug-likeness (QED) is 0.437. The zero-order valence-corrected chi connectivity index (χ0v) is 17.9. The number of para-hydroxylation sites is 1. The summed E-state index contributed by atoms with van der Waals surface area (Å²) in [6.45, 7) is 4.25. The van der Waals surface area contributed by atoms with Crippen molar-refractivity contribution in [3.8, 4) is 11.3 Å². The molecule has 2 aromatic heterocycles. The first kappa shape index (κ1) is 20.8. The second-order valence-electron chi connectivity index (χ2n) is 7.02. The van der Waals surface area contributed by atoms with Gasteiger partial charge in [0.25, 0.3) is 11.3 Å². The lowest BCUT2D eigenvalue weighted by molar-refractivity contribution is -0.121. The van der Waals surface area contributed by atoms with Gasteiger partial charge < -0.3 is 9.42 Å². The number of nitrogens with zero attached hydrogens (tertiary/aromatic N) is 4. The molecule has 0 radical (unpaired) electrons. The third-order valence-corrected chi connectivity index (χ3v) is 5.45. The van der Waals surface area contributed by atoms with E-state index in [0.717, 1.165) is 5.69 Å². The maximum Gasteiger partial charge on any atom is 0.267 e. The van der Waals surface area contributed by atoms with Gasteiger partial charge in [0.15, 0.2) is 0 Å². The van der Waals surface area contributed by atoms with E-state index in [9.17, 15) is 9.59 Å². The molecule has 0 fully saturated rings. The van der Waals surface area contributed by atoms with E-state index >= 15 is 0 Å². The van der Waals surface area contributed by atoms with Gasteiger partial charge in [-0.3, -0.25) is 14.2 Å². The second-order valence-corrected chi connectivity index (χ2v) is 7.45. The molecule has 0 aliphatic carbocycles. The van der Waals surface area contributed by atoms with Gasteiger partial charge in [0.1, 0.15) is 23.4 Å². The summed E-state index contributed by atoms with van der Waals surface area (Å²) >= 11 is 5.97. The molecule has 1 atom stereocenters. The molecule has 0 aliphatic heterocycles. The molecule has 4 rings (SSSR count). The molecular weight excluding hydrogens is 416 g/mol. The van der Waals surface area contributed by atoms with Gasteiger partial charge in [-0.15, -0.1) is 0 Å². The van der Waals surface area contributed by atoms with Gasteiger partial charge in [-0.25, -0.2) is 4.98 Å². The van der Waals surface area contributed by atoms with E-state index in [1.807, 2.05) is 44.2 Å². The minimum atomic E-state index is -0.711. The van der Waals surface area contributed by atoms with Crippen LogP contribution in [0.5, 0.6) is 0 Å². The van der Waals surface area contributed by atoms with Gasteiger partial charge in [0, 0.05) is 22.8 Å². The molecule has 0 saturated carbocycles. The lowest BCUT2D eigenvalue weighted by Gasteiger charge is -2.26. The third-order valence-electron chi connectivity index (χ3n) is 5.20. The molecule has 2 aromatic carbocycles. The molecule has 0 aliphatic rings. The number of carbonyl (C=O) groups is 1. The number of anilines is 1. The monoisotopic (exact) mass is 436 g/mol. The van der Waals surface area contributed by atoms with Gasteiger partial charge in [0.05, 0.1) is 0 Å². The molecule has 4 aromatic rings. The number of fused-ring (bicyclic) bond motifs is 1.